The Bertz CT molecular complexity index is 458. The lowest BCUT2D eigenvalue weighted by Gasteiger charge is -2.32. The van der Waals surface area contributed by atoms with Crippen LogP contribution in [0.3, 0.4) is 0 Å². The average molecular weight is 265 g/mol. The SMILES string of the molecule is CCN(CC(C)(C)CN)c1cc(C)cc([N+](=O)[O-])c1. The van der Waals surface area contributed by atoms with Gasteiger partial charge in [0.05, 0.1) is 4.92 Å². The van der Waals surface area contributed by atoms with Crippen molar-refractivity contribution in [2.75, 3.05) is 24.5 Å². The summed E-state index contributed by atoms with van der Waals surface area (Å²) < 4.78 is 0. The highest BCUT2D eigenvalue weighted by Crippen LogP contribution is 2.26. The number of non-ortho nitro benzene ring substituents is 1. The predicted octanol–water partition coefficient (Wildman–Crippen LogP) is 2.71. The summed E-state index contributed by atoms with van der Waals surface area (Å²) >= 11 is 0. The van der Waals surface area contributed by atoms with Crippen LogP contribution in [0.2, 0.25) is 0 Å². The number of nitro benzene ring substituents is 1. The molecule has 0 amide bonds. The molecule has 0 aliphatic carbocycles. The molecule has 106 valence electrons. The van der Waals surface area contributed by atoms with E-state index in [1.807, 2.05) is 19.9 Å². The van der Waals surface area contributed by atoms with Crippen LogP contribution in [0.4, 0.5) is 11.4 Å². The first-order valence-electron chi connectivity index (χ1n) is 6.50. The van der Waals surface area contributed by atoms with E-state index in [-0.39, 0.29) is 16.0 Å². The molecule has 19 heavy (non-hydrogen) atoms. The molecule has 0 saturated carbocycles. The fraction of sp³-hybridized carbons (Fsp3) is 0.571. The number of benzene rings is 1. The van der Waals surface area contributed by atoms with Crippen LogP contribution in [0.25, 0.3) is 0 Å². The zero-order chi connectivity index (χ0) is 14.6. The van der Waals surface area contributed by atoms with Crippen molar-refractivity contribution in [3.8, 4) is 0 Å². The first-order valence-corrected chi connectivity index (χ1v) is 6.50. The van der Waals surface area contributed by atoms with Gasteiger partial charge in [0.15, 0.2) is 0 Å². The van der Waals surface area contributed by atoms with Gasteiger partial charge in [-0.2, -0.15) is 0 Å². The van der Waals surface area contributed by atoms with Gasteiger partial charge in [-0.15, -0.1) is 0 Å². The summed E-state index contributed by atoms with van der Waals surface area (Å²) in [7, 11) is 0. The average Bonchev–Trinajstić information content (AvgIpc) is 2.35. The Labute approximate surface area is 114 Å². The van der Waals surface area contributed by atoms with Crippen molar-refractivity contribution in [3.05, 3.63) is 33.9 Å². The maximum absolute atomic E-state index is 10.9. The second-order valence-electron chi connectivity index (χ2n) is 5.67. The highest BCUT2D eigenvalue weighted by atomic mass is 16.6. The number of anilines is 1. The van der Waals surface area contributed by atoms with Gasteiger partial charge >= 0.3 is 0 Å². The standard InChI is InChI=1S/C14H23N3O2/c1-5-16(10-14(3,4)9-15)12-6-11(2)7-13(8-12)17(18)19/h6-8H,5,9-10,15H2,1-4H3. The molecule has 0 atom stereocenters. The van der Waals surface area contributed by atoms with Crippen molar-refractivity contribution in [2.45, 2.75) is 27.7 Å². The molecule has 0 radical (unpaired) electrons. The Morgan fingerprint density at radius 1 is 1.37 bits per heavy atom. The fourth-order valence-corrected chi connectivity index (χ4v) is 2.00. The van der Waals surface area contributed by atoms with Gasteiger partial charge in [0.25, 0.3) is 5.69 Å². The van der Waals surface area contributed by atoms with Gasteiger partial charge < -0.3 is 10.6 Å². The lowest BCUT2D eigenvalue weighted by Crippen LogP contribution is -2.38. The van der Waals surface area contributed by atoms with Crippen molar-refractivity contribution in [1.29, 1.82) is 0 Å². The molecule has 0 unspecified atom stereocenters. The summed E-state index contributed by atoms with van der Waals surface area (Å²) in [6.45, 7) is 10.3. The molecule has 0 aromatic heterocycles. The first-order chi connectivity index (χ1) is 8.79. The zero-order valence-electron chi connectivity index (χ0n) is 12.1. The predicted molar refractivity (Wildman–Crippen MR) is 78.6 cm³/mol. The van der Waals surface area contributed by atoms with Crippen LogP contribution in [-0.2, 0) is 0 Å². The lowest BCUT2D eigenvalue weighted by atomic mass is 9.92. The van der Waals surface area contributed by atoms with Crippen molar-refractivity contribution in [1.82, 2.24) is 0 Å². The summed E-state index contributed by atoms with van der Waals surface area (Å²) in [4.78, 5) is 12.7. The third kappa shape index (κ3) is 4.21. The summed E-state index contributed by atoms with van der Waals surface area (Å²) in [5.41, 5.74) is 7.66. The van der Waals surface area contributed by atoms with Crippen molar-refractivity contribution in [2.24, 2.45) is 11.1 Å². The van der Waals surface area contributed by atoms with Gasteiger partial charge in [0, 0.05) is 30.9 Å². The summed E-state index contributed by atoms with van der Waals surface area (Å²) in [5.74, 6) is 0. The molecule has 0 heterocycles. The van der Waals surface area contributed by atoms with Gasteiger partial charge in [0.1, 0.15) is 0 Å². The largest absolute Gasteiger partial charge is 0.371 e. The Hall–Kier alpha value is -1.62. The third-order valence-corrected chi connectivity index (χ3v) is 3.18. The third-order valence-electron chi connectivity index (χ3n) is 3.18. The molecule has 5 nitrogen and oxygen atoms in total. The van der Waals surface area contributed by atoms with E-state index in [9.17, 15) is 10.1 Å². The van der Waals surface area contributed by atoms with E-state index in [0.29, 0.717) is 6.54 Å². The number of hydrogen-bond acceptors (Lipinski definition) is 4. The lowest BCUT2D eigenvalue weighted by molar-refractivity contribution is -0.384. The number of nitro groups is 1. The smallest absolute Gasteiger partial charge is 0.271 e. The van der Waals surface area contributed by atoms with E-state index < -0.39 is 0 Å². The molecular formula is C14H23N3O2. The Kier molecular flexibility index (Phi) is 4.89. The quantitative estimate of drug-likeness (QED) is 0.634. The topological polar surface area (TPSA) is 72.4 Å². The minimum atomic E-state index is -0.349. The minimum Gasteiger partial charge on any atom is -0.371 e. The molecular weight excluding hydrogens is 242 g/mol. The van der Waals surface area contributed by atoms with Crippen LogP contribution in [0.15, 0.2) is 18.2 Å². The second kappa shape index (κ2) is 6.02. The number of nitrogens with zero attached hydrogens (tertiary/aromatic N) is 2. The molecule has 2 N–H and O–H groups in total. The van der Waals surface area contributed by atoms with Crippen LogP contribution >= 0.6 is 0 Å². The van der Waals surface area contributed by atoms with Crippen LogP contribution in [0, 0.1) is 22.5 Å². The minimum absolute atomic E-state index is 0.0193. The Balaban J connectivity index is 3.08. The van der Waals surface area contributed by atoms with E-state index in [0.717, 1.165) is 24.3 Å². The monoisotopic (exact) mass is 265 g/mol. The second-order valence-corrected chi connectivity index (χ2v) is 5.67. The molecule has 1 aromatic carbocycles. The molecule has 0 bridgehead atoms. The summed E-state index contributed by atoms with van der Waals surface area (Å²) in [6.07, 6.45) is 0. The fourth-order valence-electron chi connectivity index (χ4n) is 2.00. The zero-order valence-corrected chi connectivity index (χ0v) is 12.1. The molecule has 0 aliphatic heterocycles. The number of nitrogens with two attached hydrogens (primary N) is 1. The highest BCUT2D eigenvalue weighted by molar-refractivity contribution is 5.55. The number of rotatable bonds is 6. The molecule has 5 heteroatoms. The molecule has 0 spiro atoms. The van der Waals surface area contributed by atoms with E-state index in [1.165, 1.54) is 0 Å². The van der Waals surface area contributed by atoms with E-state index in [1.54, 1.807) is 12.1 Å². The van der Waals surface area contributed by atoms with Crippen LogP contribution < -0.4 is 10.6 Å². The number of aryl methyl sites for hydroxylation is 1. The molecule has 0 aliphatic rings. The maximum Gasteiger partial charge on any atom is 0.271 e. The van der Waals surface area contributed by atoms with Gasteiger partial charge in [-0.05, 0) is 37.4 Å². The van der Waals surface area contributed by atoms with Crippen LogP contribution in [0.5, 0.6) is 0 Å². The molecule has 1 rings (SSSR count). The highest BCUT2D eigenvalue weighted by Gasteiger charge is 2.21. The first kappa shape index (κ1) is 15.4. The summed E-state index contributed by atoms with van der Waals surface area (Å²) in [5, 5.41) is 10.9. The van der Waals surface area contributed by atoms with E-state index in [4.69, 9.17) is 5.73 Å². The Morgan fingerprint density at radius 3 is 2.47 bits per heavy atom. The Morgan fingerprint density at radius 2 is 2.00 bits per heavy atom. The van der Waals surface area contributed by atoms with Crippen LogP contribution in [0.1, 0.15) is 26.3 Å². The molecule has 0 fully saturated rings. The number of hydrogen-bond donors (Lipinski definition) is 1. The summed E-state index contributed by atoms with van der Waals surface area (Å²) in [6, 6.07) is 5.19. The maximum atomic E-state index is 10.9. The van der Waals surface area contributed by atoms with Crippen molar-refractivity contribution >= 4 is 11.4 Å². The van der Waals surface area contributed by atoms with E-state index in [2.05, 4.69) is 18.7 Å². The van der Waals surface area contributed by atoms with Gasteiger partial charge in [-0.3, -0.25) is 10.1 Å². The van der Waals surface area contributed by atoms with Crippen LogP contribution in [-0.4, -0.2) is 24.6 Å². The van der Waals surface area contributed by atoms with Gasteiger partial charge in [-0.25, -0.2) is 0 Å². The molecule has 0 saturated heterocycles. The van der Waals surface area contributed by atoms with Gasteiger partial charge in [0.2, 0.25) is 0 Å². The molecule has 1 aromatic rings. The normalized spacial score (nSPS) is 11.4. The van der Waals surface area contributed by atoms with Crippen molar-refractivity contribution < 1.29 is 4.92 Å². The van der Waals surface area contributed by atoms with Gasteiger partial charge in [-0.1, -0.05) is 13.8 Å². The van der Waals surface area contributed by atoms with E-state index >= 15 is 0 Å². The van der Waals surface area contributed by atoms with Crippen molar-refractivity contribution in [3.63, 3.8) is 0 Å².